The summed E-state index contributed by atoms with van der Waals surface area (Å²) in [7, 11) is 0. The van der Waals surface area contributed by atoms with Gasteiger partial charge >= 0.3 is 0 Å². The maximum absolute atomic E-state index is 11.8. The van der Waals surface area contributed by atoms with Crippen molar-refractivity contribution in [1.82, 2.24) is 0 Å². The number of hydrogen-bond acceptors (Lipinski definition) is 3. The molecule has 0 aromatic heterocycles. The molecular formula is C15H21NO3. The van der Waals surface area contributed by atoms with Gasteiger partial charge in [0.1, 0.15) is 0 Å². The second kappa shape index (κ2) is 7.02. The molecule has 4 nitrogen and oxygen atoms in total. The number of ether oxygens (including phenoxy) is 2. The van der Waals surface area contributed by atoms with E-state index in [2.05, 4.69) is 12.2 Å². The summed E-state index contributed by atoms with van der Waals surface area (Å²) in [4.78, 5) is 11.8. The zero-order valence-electron chi connectivity index (χ0n) is 11.4. The Morgan fingerprint density at radius 1 is 1.16 bits per heavy atom. The Morgan fingerprint density at radius 2 is 1.95 bits per heavy atom. The quantitative estimate of drug-likeness (QED) is 0.763. The van der Waals surface area contributed by atoms with Crippen LogP contribution in [0.5, 0.6) is 11.5 Å². The monoisotopic (exact) mass is 263 g/mol. The average Bonchev–Trinajstić information content (AvgIpc) is 2.86. The van der Waals surface area contributed by atoms with Crippen LogP contribution in [0, 0.1) is 0 Å². The number of benzene rings is 1. The number of anilines is 1. The fourth-order valence-corrected chi connectivity index (χ4v) is 2.09. The highest BCUT2D eigenvalue weighted by molar-refractivity contribution is 5.91. The lowest BCUT2D eigenvalue weighted by atomic mass is 10.1. The Kier molecular flexibility index (Phi) is 5.07. The number of fused-ring (bicyclic) bond motifs is 1. The minimum absolute atomic E-state index is 0.0652. The molecule has 1 amide bonds. The summed E-state index contributed by atoms with van der Waals surface area (Å²) >= 11 is 0. The van der Waals surface area contributed by atoms with Gasteiger partial charge in [-0.3, -0.25) is 4.79 Å². The zero-order chi connectivity index (χ0) is 13.5. The summed E-state index contributed by atoms with van der Waals surface area (Å²) in [6.45, 7) is 2.44. The fourth-order valence-electron chi connectivity index (χ4n) is 2.09. The molecule has 1 N–H and O–H groups in total. The van der Waals surface area contributed by atoms with E-state index >= 15 is 0 Å². The first-order valence-corrected chi connectivity index (χ1v) is 6.99. The van der Waals surface area contributed by atoms with Crippen LogP contribution in [0.4, 0.5) is 5.69 Å². The van der Waals surface area contributed by atoms with E-state index in [0.29, 0.717) is 12.2 Å². The first kappa shape index (κ1) is 13.7. The molecule has 104 valence electrons. The molecule has 1 aliphatic heterocycles. The van der Waals surface area contributed by atoms with Gasteiger partial charge in [-0.2, -0.15) is 0 Å². The van der Waals surface area contributed by atoms with Crippen LogP contribution in [0.1, 0.15) is 45.4 Å². The number of nitrogens with one attached hydrogen (secondary N) is 1. The first-order valence-electron chi connectivity index (χ1n) is 6.99. The number of unbranched alkanes of at least 4 members (excludes halogenated alkanes) is 4. The molecule has 2 rings (SSSR count). The molecule has 0 saturated heterocycles. The summed E-state index contributed by atoms with van der Waals surface area (Å²) < 4.78 is 10.5. The minimum atomic E-state index is 0.0652. The van der Waals surface area contributed by atoms with Gasteiger partial charge in [-0.05, 0) is 18.6 Å². The lowest BCUT2D eigenvalue weighted by molar-refractivity contribution is -0.116. The van der Waals surface area contributed by atoms with Crippen molar-refractivity contribution in [3.8, 4) is 11.5 Å². The van der Waals surface area contributed by atoms with E-state index in [9.17, 15) is 4.79 Å². The van der Waals surface area contributed by atoms with Gasteiger partial charge in [0, 0.05) is 18.2 Å². The SMILES string of the molecule is CCCCCCCC(=O)Nc1ccc2c(c1)OCO2. The zero-order valence-corrected chi connectivity index (χ0v) is 11.4. The van der Waals surface area contributed by atoms with E-state index in [1.807, 2.05) is 12.1 Å². The van der Waals surface area contributed by atoms with Gasteiger partial charge in [-0.1, -0.05) is 32.6 Å². The van der Waals surface area contributed by atoms with Crippen molar-refractivity contribution < 1.29 is 14.3 Å². The molecule has 0 fully saturated rings. The van der Waals surface area contributed by atoms with Crippen LogP contribution in [-0.4, -0.2) is 12.7 Å². The number of carbonyl (C=O) groups is 1. The van der Waals surface area contributed by atoms with E-state index in [0.717, 1.165) is 24.3 Å². The van der Waals surface area contributed by atoms with E-state index in [4.69, 9.17) is 9.47 Å². The molecular weight excluding hydrogens is 242 g/mol. The summed E-state index contributed by atoms with van der Waals surface area (Å²) in [5, 5.41) is 2.89. The summed E-state index contributed by atoms with van der Waals surface area (Å²) in [5.41, 5.74) is 0.766. The van der Waals surface area contributed by atoms with Crippen molar-refractivity contribution in [1.29, 1.82) is 0 Å². The predicted molar refractivity (Wildman–Crippen MR) is 74.6 cm³/mol. The number of carbonyl (C=O) groups excluding carboxylic acids is 1. The molecule has 1 aromatic rings. The molecule has 4 heteroatoms. The first-order chi connectivity index (χ1) is 9.29. The van der Waals surface area contributed by atoms with Gasteiger partial charge in [0.2, 0.25) is 12.7 Å². The van der Waals surface area contributed by atoms with Gasteiger partial charge in [0.25, 0.3) is 0 Å². The van der Waals surface area contributed by atoms with Gasteiger partial charge in [0.15, 0.2) is 11.5 Å². The Hall–Kier alpha value is -1.71. The highest BCUT2D eigenvalue weighted by Gasteiger charge is 2.13. The lowest BCUT2D eigenvalue weighted by Crippen LogP contribution is -2.10. The maximum atomic E-state index is 11.8. The molecule has 19 heavy (non-hydrogen) atoms. The lowest BCUT2D eigenvalue weighted by Gasteiger charge is -2.06. The van der Waals surface area contributed by atoms with E-state index in [-0.39, 0.29) is 12.7 Å². The third kappa shape index (κ3) is 4.16. The molecule has 0 atom stereocenters. The average molecular weight is 263 g/mol. The summed E-state index contributed by atoms with van der Waals surface area (Å²) in [5.74, 6) is 1.49. The molecule has 0 bridgehead atoms. The predicted octanol–water partition coefficient (Wildman–Crippen LogP) is 3.71. The fraction of sp³-hybridized carbons (Fsp3) is 0.533. The van der Waals surface area contributed by atoms with E-state index in [1.165, 1.54) is 19.3 Å². The van der Waals surface area contributed by atoms with Crippen molar-refractivity contribution in [3.63, 3.8) is 0 Å². The van der Waals surface area contributed by atoms with Gasteiger partial charge in [0.05, 0.1) is 0 Å². The van der Waals surface area contributed by atoms with Crippen molar-refractivity contribution in [2.75, 3.05) is 12.1 Å². The molecule has 0 aliphatic carbocycles. The summed E-state index contributed by atoms with van der Waals surface area (Å²) in [6.07, 6.45) is 6.36. The van der Waals surface area contributed by atoms with Gasteiger partial charge in [-0.15, -0.1) is 0 Å². The normalized spacial score (nSPS) is 12.5. The Bertz CT molecular complexity index is 431. The molecule has 0 radical (unpaired) electrons. The van der Waals surface area contributed by atoms with Crippen LogP contribution < -0.4 is 14.8 Å². The Morgan fingerprint density at radius 3 is 2.79 bits per heavy atom. The van der Waals surface area contributed by atoms with Crippen LogP contribution in [0.25, 0.3) is 0 Å². The van der Waals surface area contributed by atoms with Crippen molar-refractivity contribution in [3.05, 3.63) is 18.2 Å². The van der Waals surface area contributed by atoms with Crippen LogP contribution in [-0.2, 0) is 4.79 Å². The van der Waals surface area contributed by atoms with E-state index in [1.54, 1.807) is 6.07 Å². The highest BCUT2D eigenvalue weighted by atomic mass is 16.7. The smallest absolute Gasteiger partial charge is 0.231 e. The van der Waals surface area contributed by atoms with E-state index < -0.39 is 0 Å². The largest absolute Gasteiger partial charge is 0.454 e. The van der Waals surface area contributed by atoms with Gasteiger partial charge in [-0.25, -0.2) is 0 Å². The van der Waals surface area contributed by atoms with Gasteiger partial charge < -0.3 is 14.8 Å². The number of rotatable bonds is 7. The van der Waals surface area contributed by atoms with Crippen LogP contribution in [0.2, 0.25) is 0 Å². The molecule has 1 aromatic carbocycles. The topological polar surface area (TPSA) is 47.6 Å². The standard InChI is InChI=1S/C15H21NO3/c1-2-3-4-5-6-7-15(17)16-12-8-9-13-14(10-12)19-11-18-13/h8-10H,2-7,11H2,1H3,(H,16,17). The van der Waals surface area contributed by atoms with Crippen molar-refractivity contribution in [2.45, 2.75) is 45.4 Å². The molecule has 0 spiro atoms. The third-order valence-electron chi connectivity index (χ3n) is 3.16. The molecule has 1 aliphatic rings. The Balaban J connectivity index is 1.73. The highest BCUT2D eigenvalue weighted by Crippen LogP contribution is 2.34. The molecule has 1 heterocycles. The second-order valence-electron chi connectivity index (χ2n) is 4.78. The van der Waals surface area contributed by atoms with Crippen molar-refractivity contribution in [2.24, 2.45) is 0 Å². The van der Waals surface area contributed by atoms with Crippen molar-refractivity contribution >= 4 is 11.6 Å². The van der Waals surface area contributed by atoms with Crippen LogP contribution in [0.3, 0.4) is 0 Å². The maximum Gasteiger partial charge on any atom is 0.231 e. The van der Waals surface area contributed by atoms with Crippen LogP contribution in [0.15, 0.2) is 18.2 Å². The summed E-state index contributed by atoms with van der Waals surface area (Å²) in [6, 6.07) is 5.46. The number of hydrogen-bond donors (Lipinski definition) is 1. The third-order valence-corrected chi connectivity index (χ3v) is 3.16. The van der Waals surface area contributed by atoms with Crippen LogP contribution >= 0.6 is 0 Å². The molecule has 0 unspecified atom stereocenters. The molecule has 0 saturated carbocycles. The second-order valence-corrected chi connectivity index (χ2v) is 4.78. The minimum Gasteiger partial charge on any atom is -0.454 e. The Labute approximate surface area is 114 Å². The number of amides is 1.